The molecule has 0 bridgehead atoms. The lowest BCUT2D eigenvalue weighted by Gasteiger charge is -2.10. The van der Waals surface area contributed by atoms with E-state index in [0.717, 1.165) is 0 Å². The van der Waals surface area contributed by atoms with Gasteiger partial charge in [0.25, 0.3) is 0 Å². The van der Waals surface area contributed by atoms with Crippen LogP contribution in [0.2, 0.25) is 0 Å². The summed E-state index contributed by atoms with van der Waals surface area (Å²) in [5.74, 6) is -0.259. The largest absolute Gasteiger partial charge is 0.573 e. The molecule has 0 N–H and O–H groups in total. The maximum Gasteiger partial charge on any atom is 0.573 e. The van der Waals surface area contributed by atoms with Gasteiger partial charge in [-0.3, -0.25) is 25.8 Å². The third-order valence-corrected chi connectivity index (χ3v) is 1.20. The molecule has 1 nitrogen and oxygen atoms in total. The molecule has 0 amide bonds. The summed E-state index contributed by atoms with van der Waals surface area (Å²) in [5.41, 5.74) is 0.217. The predicted molar refractivity (Wildman–Crippen MR) is 61.2 cm³/mol. The Balaban J connectivity index is 0.000000583. The molecule has 1 radical (unpaired) electrons. The molecule has 0 aliphatic carbocycles. The molecule has 0 unspecified atom stereocenters. The van der Waals surface area contributed by atoms with Crippen molar-refractivity contribution in [2.45, 2.75) is 6.36 Å². The first-order chi connectivity index (χ1) is 6.90. The van der Waals surface area contributed by atoms with E-state index in [1.165, 1.54) is 18.2 Å². The van der Waals surface area contributed by atoms with Gasteiger partial charge in [0.1, 0.15) is 5.75 Å². The average Bonchev–Trinajstić information content (AvgIpc) is 2.08. The Morgan fingerprint density at radius 1 is 1.20 bits per heavy atom. The fourth-order valence-electron chi connectivity index (χ4n) is 0.728. The van der Waals surface area contributed by atoms with Crippen molar-refractivity contribution in [3.05, 3.63) is 36.8 Å². The summed E-state index contributed by atoms with van der Waals surface area (Å²) in [6.07, 6.45) is -4.65. The monoisotopic (exact) mass is 357 g/mol. The van der Waals surface area contributed by atoms with E-state index in [2.05, 4.69) is 37.4 Å². The minimum Gasteiger partial charge on any atom is -0.406 e. The van der Waals surface area contributed by atoms with Gasteiger partial charge in [0.05, 0.1) is 0 Å². The summed E-state index contributed by atoms with van der Waals surface area (Å²) >= 11 is 6.44. The van der Waals surface area contributed by atoms with Crippen LogP contribution in [0.1, 0.15) is 5.56 Å². The van der Waals surface area contributed by atoms with Gasteiger partial charge in [-0.1, -0.05) is 18.2 Å². The number of alkyl halides is 3. The lowest BCUT2D eigenvalue weighted by molar-refractivity contribution is -0.274. The van der Waals surface area contributed by atoms with E-state index in [0.29, 0.717) is 0 Å². The number of para-hydroxylation sites is 1. The average molecular weight is 359 g/mol. The van der Waals surface area contributed by atoms with E-state index < -0.39 is 6.36 Å². The summed E-state index contributed by atoms with van der Waals surface area (Å²) in [4.78, 5) is 0. The van der Waals surface area contributed by atoms with Crippen LogP contribution in [0.5, 0.6) is 5.75 Å². The predicted octanol–water partition coefficient (Wildman–Crippen LogP) is 4.08. The second-order valence-corrected chi connectivity index (χ2v) is 10.3. The van der Waals surface area contributed by atoms with Crippen LogP contribution in [0.3, 0.4) is 0 Å². The first kappa shape index (κ1) is 15.5. The van der Waals surface area contributed by atoms with Gasteiger partial charge in [-0.2, -0.15) is 0 Å². The lowest BCUT2D eigenvalue weighted by Crippen LogP contribution is -2.17. The Morgan fingerprint density at radius 3 is 2.07 bits per heavy atom. The summed E-state index contributed by atoms with van der Waals surface area (Å²) in [7, 11) is 0. The van der Waals surface area contributed by atoms with Crippen LogP contribution in [-0.4, -0.2) is 22.4 Å². The maximum absolute atomic E-state index is 11.7. The third-order valence-electron chi connectivity index (χ3n) is 1.20. The number of hydrogen-bond donors (Lipinski definition) is 0. The van der Waals surface area contributed by atoms with Gasteiger partial charge >= 0.3 is 22.4 Å². The molecule has 0 aliphatic rings. The van der Waals surface area contributed by atoms with Crippen LogP contribution in [-0.2, 0) is 0 Å². The number of rotatable bonds is 1. The van der Waals surface area contributed by atoms with Gasteiger partial charge in [0.15, 0.2) is 0 Å². The zero-order valence-electron chi connectivity index (χ0n) is 7.52. The zero-order chi connectivity index (χ0) is 11.9. The fourth-order valence-corrected chi connectivity index (χ4v) is 0.728. The molecule has 15 heavy (non-hydrogen) atoms. The van der Waals surface area contributed by atoms with Crippen LogP contribution in [0.15, 0.2) is 24.3 Å². The van der Waals surface area contributed by atoms with Gasteiger partial charge in [0.2, 0.25) is 0 Å². The van der Waals surface area contributed by atoms with E-state index in [1.807, 2.05) is 0 Å². The number of halogens is 5. The van der Waals surface area contributed by atoms with Crippen molar-refractivity contribution in [1.29, 1.82) is 0 Å². The molecule has 0 fully saturated rings. The fraction of sp³-hybridized carbons (Fsp3) is 0.125. The van der Waals surface area contributed by atoms with Crippen molar-refractivity contribution in [3.8, 4) is 5.75 Å². The van der Waals surface area contributed by atoms with E-state index >= 15 is 0 Å². The maximum atomic E-state index is 11.7. The minimum absolute atomic E-state index is 0.0417. The molecule has 81 valence electrons. The second kappa shape index (κ2) is 7.75. The van der Waals surface area contributed by atoms with Gasteiger partial charge in [-0.25, -0.2) is 0 Å². The standard InChI is InChI=1S/C8H6F3O.2BrH.Mg/c1-6-4-2-3-5-7(6)12-8(9,10)11;;;/h2-5H,1H2;2*1H;/q;;;+2/p-2. The molecule has 0 spiro atoms. The highest BCUT2D eigenvalue weighted by Crippen LogP contribution is 2.24. The molecule has 1 aromatic rings. The Morgan fingerprint density at radius 2 is 1.67 bits per heavy atom. The van der Waals surface area contributed by atoms with Crippen LogP contribution in [0.25, 0.3) is 0 Å². The van der Waals surface area contributed by atoms with Crippen molar-refractivity contribution in [2.75, 3.05) is 0 Å². The van der Waals surface area contributed by atoms with Crippen molar-refractivity contribution in [1.82, 2.24) is 0 Å². The highest BCUT2D eigenvalue weighted by Gasteiger charge is 2.31. The molecule has 0 saturated heterocycles. The van der Waals surface area contributed by atoms with Crippen LogP contribution >= 0.6 is 25.8 Å². The van der Waals surface area contributed by atoms with Crippen molar-refractivity contribution in [2.24, 2.45) is 0 Å². The Kier molecular flexibility index (Phi) is 8.03. The molecule has 0 aliphatic heterocycles. The highest BCUT2D eigenvalue weighted by atomic mass is 79.9. The summed E-state index contributed by atoms with van der Waals surface area (Å²) < 4.78 is 38.7. The first-order valence-corrected chi connectivity index (χ1v) is 11.5. The SMILES string of the molecule is [Br][Mg][Br].[CH2]c1ccccc1OC(F)(F)F. The van der Waals surface area contributed by atoms with E-state index in [4.69, 9.17) is 0 Å². The molecule has 0 atom stereocenters. The summed E-state index contributed by atoms with van der Waals surface area (Å²) in [6.45, 7) is 3.38. The quantitative estimate of drug-likeness (QED) is 0.687. The number of ether oxygens (including phenoxy) is 1. The van der Waals surface area contributed by atoms with Gasteiger partial charge in [-0.15, -0.1) is 13.2 Å². The Hall–Kier alpha value is 0.536. The smallest absolute Gasteiger partial charge is 0.406 e. The summed E-state index contributed by atoms with van der Waals surface area (Å²) in [6, 6.07) is 5.71. The van der Waals surface area contributed by atoms with Crippen molar-refractivity contribution < 1.29 is 17.9 Å². The zero-order valence-corrected chi connectivity index (χ0v) is 12.1. The Labute approximate surface area is 108 Å². The van der Waals surface area contributed by atoms with E-state index in [9.17, 15) is 13.2 Å². The van der Waals surface area contributed by atoms with Crippen LogP contribution in [0.4, 0.5) is 13.2 Å². The Bertz CT molecular complexity index is 293. The third kappa shape index (κ3) is 8.35. The van der Waals surface area contributed by atoms with Crippen molar-refractivity contribution >= 4 is 41.8 Å². The molecule has 1 aromatic carbocycles. The van der Waals surface area contributed by atoms with Gasteiger partial charge < -0.3 is 4.74 Å². The molecule has 1 rings (SSSR count). The van der Waals surface area contributed by atoms with E-state index in [1.54, 1.807) is 6.07 Å². The van der Waals surface area contributed by atoms with Crippen molar-refractivity contribution in [3.63, 3.8) is 0 Å². The molecule has 7 heteroatoms. The van der Waals surface area contributed by atoms with E-state index in [-0.39, 0.29) is 27.3 Å². The minimum atomic E-state index is -4.65. The molecule has 0 aromatic heterocycles. The molecule has 0 saturated carbocycles. The number of hydrogen-bond acceptors (Lipinski definition) is 1. The normalized spacial score (nSPS) is 9.73. The molecular formula is C8H6Br2F3MgO. The topological polar surface area (TPSA) is 9.23 Å². The molecule has 0 heterocycles. The van der Waals surface area contributed by atoms with Crippen LogP contribution in [0, 0.1) is 6.92 Å². The van der Waals surface area contributed by atoms with Crippen LogP contribution < -0.4 is 4.74 Å². The van der Waals surface area contributed by atoms with Gasteiger partial charge in [-0.05, 0) is 18.6 Å². The molecular weight excluding hydrogens is 353 g/mol. The first-order valence-electron chi connectivity index (χ1n) is 3.69. The number of benzene rings is 1. The highest BCUT2D eigenvalue weighted by molar-refractivity contribution is 9.47. The second-order valence-electron chi connectivity index (χ2n) is 2.26. The summed E-state index contributed by atoms with van der Waals surface area (Å²) in [5, 5.41) is 0. The lowest BCUT2D eigenvalue weighted by atomic mass is 10.2. The van der Waals surface area contributed by atoms with Gasteiger partial charge in [0, 0.05) is 0 Å².